The number of aliphatic hydroxyl groups excluding tert-OH is 1. The number of pyridine rings is 1. The monoisotopic (exact) mass is 441 g/mol. The molecule has 0 saturated heterocycles. The summed E-state index contributed by atoms with van der Waals surface area (Å²) in [7, 11) is 0. The summed E-state index contributed by atoms with van der Waals surface area (Å²) in [5, 5.41) is 9.51. The Kier molecular flexibility index (Phi) is 6.71. The Labute approximate surface area is 179 Å². The Hall–Kier alpha value is -1.53. The molecule has 2 aromatic heterocycles. The lowest BCUT2D eigenvalue weighted by Crippen LogP contribution is -2.15. The molecule has 3 aromatic rings. The van der Waals surface area contributed by atoms with Crippen LogP contribution < -0.4 is 4.74 Å². The van der Waals surface area contributed by atoms with Crippen molar-refractivity contribution in [3.05, 3.63) is 53.1 Å². The van der Waals surface area contributed by atoms with Crippen LogP contribution in [0.25, 0.3) is 11.0 Å². The Morgan fingerprint density at radius 3 is 2.61 bits per heavy atom. The van der Waals surface area contributed by atoms with Gasteiger partial charge in [0.15, 0.2) is 5.82 Å². The molecule has 0 unspecified atom stereocenters. The SMILES string of the molecule is CCCCOc1ccc(C)nc1Cn1c(C(Cl)(Cl)Cl)nc2ccc(CO)cc21. The van der Waals surface area contributed by atoms with Crippen molar-refractivity contribution in [2.45, 2.75) is 43.6 Å². The summed E-state index contributed by atoms with van der Waals surface area (Å²) in [5.74, 6) is 1.000. The van der Waals surface area contributed by atoms with Crippen LogP contribution in [0.1, 0.15) is 42.5 Å². The highest BCUT2D eigenvalue weighted by Gasteiger charge is 2.31. The second kappa shape index (κ2) is 8.87. The van der Waals surface area contributed by atoms with Gasteiger partial charge in [0, 0.05) is 5.69 Å². The van der Waals surface area contributed by atoms with Crippen molar-refractivity contribution in [1.82, 2.24) is 14.5 Å². The molecular weight excluding hydrogens is 421 g/mol. The van der Waals surface area contributed by atoms with Crippen LogP contribution in [0, 0.1) is 6.92 Å². The molecule has 0 saturated carbocycles. The van der Waals surface area contributed by atoms with Crippen molar-refractivity contribution in [3.63, 3.8) is 0 Å². The molecule has 0 fully saturated rings. The number of fused-ring (bicyclic) bond motifs is 1. The summed E-state index contributed by atoms with van der Waals surface area (Å²) in [4.78, 5) is 9.15. The molecule has 0 aliphatic carbocycles. The van der Waals surface area contributed by atoms with Gasteiger partial charge in [-0.15, -0.1) is 0 Å². The Bertz CT molecular complexity index is 967. The minimum Gasteiger partial charge on any atom is -0.492 e. The molecule has 0 bridgehead atoms. The average molecular weight is 443 g/mol. The molecule has 0 aliphatic heterocycles. The zero-order chi connectivity index (χ0) is 20.3. The lowest BCUT2D eigenvalue weighted by molar-refractivity contribution is 0.282. The molecule has 0 aliphatic rings. The predicted octanol–water partition coefficient (Wildman–Crippen LogP) is 5.29. The first-order valence-electron chi connectivity index (χ1n) is 9.10. The van der Waals surface area contributed by atoms with E-state index in [0.29, 0.717) is 30.2 Å². The molecule has 3 rings (SSSR count). The van der Waals surface area contributed by atoms with Crippen molar-refractivity contribution in [1.29, 1.82) is 0 Å². The van der Waals surface area contributed by atoms with E-state index in [4.69, 9.17) is 39.5 Å². The van der Waals surface area contributed by atoms with Gasteiger partial charge in [-0.05, 0) is 43.2 Å². The predicted molar refractivity (Wildman–Crippen MR) is 113 cm³/mol. The number of halogens is 3. The first kappa shape index (κ1) is 21.2. The smallest absolute Gasteiger partial charge is 0.248 e. The maximum Gasteiger partial charge on any atom is 0.248 e. The number of nitrogens with zero attached hydrogens (tertiary/aromatic N) is 3. The minimum absolute atomic E-state index is 0.0850. The normalized spacial score (nSPS) is 11.9. The van der Waals surface area contributed by atoms with E-state index in [-0.39, 0.29) is 6.61 Å². The fourth-order valence-corrected chi connectivity index (χ4v) is 3.39. The molecular formula is C20H22Cl3N3O2. The molecule has 150 valence electrons. The number of benzene rings is 1. The van der Waals surface area contributed by atoms with Crippen molar-refractivity contribution >= 4 is 45.8 Å². The van der Waals surface area contributed by atoms with Gasteiger partial charge in [0.2, 0.25) is 3.79 Å². The Balaban J connectivity index is 2.09. The molecule has 28 heavy (non-hydrogen) atoms. The molecule has 0 amide bonds. The van der Waals surface area contributed by atoms with Crippen LogP contribution in [0.15, 0.2) is 30.3 Å². The van der Waals surface area contributed by atoms with Crippen LogP contribution in [0.5, 0.6) is 5.75 Å². The third-order valence-electron chi connectivity index (χ3n) is 4.38. The molecule has 0 spiro atoms. The molecule has 1 aromatic carbocycles. The van der Waals surface area contributed by atoms with Gasteiger partial charge in [0.25, 0.3) is 0 Å². The van der Waals surface area contributed by atoms with E-state index in [0.717, 1.165) is 35.3 Å². The van der Waals surface area contributed by atoms with E-state index < -0.39 is 3.79 Å². The number of aromatic nitrogens is 3. The number of aliphatic hydroxyl groups is 1. The lowest BCUT2D eigenvalue weighted by Gasteiger charge is -2.17. The largest absolute Gasteiger partial charge is 0.492 e. The van der Waals surface area contributed by atoms with E-state index in [1.54, 1.807) is 12.1 Å². The highest BCUT2D eigenvalue weighted by molar-refractivity contribution is 6.66. The van der Waals surface area contributed by atoms with E-state index in [2.05, 4.69) is 16.9 Å². The summed E-state index contributed by atoms with van der Waals surface area (Å²) in [6, 6.07) is 9.28. The molecule has 8 heteroatoms. The van der Waals surface area contributed by atoms with Crippen molar-refractivity contribution < 1.29 is 9.84 Å². The molecule has 0 radical (unpaired) electrons. The molecule has 0 atom stereocenters. The van der Waals surface area contributed by atoms with Gasteiger partial charge in [0.05, 0.1) is 30.8 Å². The first-order chi connectivity index (χ1) is 13.3. The number of alkyl halides is 3. The second-order valence-corrected chi connectivity index (χ2v) is 8.88. The molecule has 1 N–H and O–H groups in total. The lowest BCUT2D eigenvalue weighted by atomic mass is 10.2. The van der Waals surface area contributed by atoms with Crippen molar-refractivity contribution in [3.8, 4) is 5.75 Å². The summed E-state index contributed by atoms with van der Waals surface area (Å²) in [6.07, 6.45) is 2.00. The van der Waals surface area contributed by atoms with Gasteiger partial charge in [-0.25, -0.2) is 4.98 Å². The average Bonchev–Trinajstić information content (AvgIpc) is 3.01. The van der Waals surface area contributed by atoms with Crippen LogP contribution in [-0.4, -0.2) is 26.2 Å². The number of rotatable bonds is 7. The van der Waals surface area contributed by atoms with Gasteiger partial charge in [0.1, 0.15) is 11.4 Å². The van der Waals surface area contributed by atoms with E-state index >= 15 is 0 Å². The molecule has 5 nitrogen and oxygen atoms in total. The highest BCUT2D eigenvalue weighted by atomic mass is 35.6. The van der Waals surface area contributed by atoms with Crippen LogP contribution in [0.4, 0.5) is 0 Å². The van der Waals surface area contributed by atoms with Gasteiger partial charge in [-0.3, -0.25) is 4.98 Å². The second-order valence-electron chi connectivity index (χ2n) is 6.60. The van der Waals surface area contributed by atoms with Gasteiger partial charge in [-0.2, -0.15) is 0 Å². The zero-order valence-corrected chi connectivity index (χ0v) is 18.0. The van der Waals surface area contributed by atoms with Crippen molar-refractivity contribution in [2.24, 2.45) is 0 Å². The fourth-order valence-electron chi connectivity index (χ4n) is 2.96. The van der Waals surface area contributed by atoms with Gasteiger partial charge >= 0.3 is 0 Å². The number of aryl methyl sites for hydroxylation is 1. The maximum absolute atomic E-state index is 9.51. The third kappa shape index (κ3) is 4.71. The number of hydrogen-bond donors (Lipinski definition) is 1. The van der Waals surface area contributed by atoms with E-state index in [1.807, 2.05) is 29.7 Å². The van der Waals surface area contributed by atoms with Crippen LogP contribution in [0.2, 0.25) is 0 Å². The molecule has 2 heterocycles. The topological polar surface area (TPSA) is 60.2 Å². The fraction of sp³-hybridized carbons (Fsp3) is 0.400. The summed E-state index contributed by atoms with van der Waals surface area (Å²) >= 11 is 18.6. The third-order valence-corrected chi connectivity index (χ3v) is 4.89. The standard InChI is InChI=1S/C20H22Cl3N3O2/c1-3-4-9-28-18-8-5-13(2)24-16(18)11-26-17-10-14(12-27)6-7-15(17)25-19(26)20(21,22)23/h5-8,10,27H,3-4,9,11-12H2,1-2H3. The Morgan fingerprint density at radius 2 is 1.93 bits per heavy atom. The first-order valence-corrected chi connectivity index (χ1v) is 10.2. The zero-order valence-electron chi connectivity index (χ0n) is 15.8. The van der Waals surface area contributed by atoms with E-state index in [9.17, 15) is 5.11 Å². The summed E-state index contributed by atoms with van der Waals surface area (Å²) < 4.78 is 6.04. The number of hydrogen-bond acceptors (Lipinski definition) is 4. The quantitative estimate of drug-likeness (QED) is 0.399. The van der Waals surface area contributed by atoms with Crippen molar-refractivity contribution in [2.75, 3.05) is 6.61 Å². The Morgan fingerprint density at radius 1 is 1.14 bits per heavy atom. The number of ether oxygens (including phenoxy) is 1. The summed E-state index contributed by atoms with van der Waals surface area (Å²) in [6.45, 7) is 4.90. The van der Waals surface area contributed by atoms with Gasteiger partial charge in [-0.1, -0.05) is 54.2 Å². The van der Waals surface area contributed by atoms with Crippen LogP contribution in [-0.2, 0) is 16.9 Å². The van der Waals surface area contributed by atoms with Crippen LogP contribution in [0.3, 0.4) is 0 Å². The summed E-state index contributed by atoms with van der Waals surface area (Å²) in [5.41, 5.74) is 3.80. The van der Waals surface area contributed by atoms with Crippen LogP contribution >= 0.6 is 34.8 Å². The number of imidazole rings is 1. The van der Waals surface area contributed by atoms with Gasteiger partial charge < -0.3 is 14.4 Å². The highest BCUT2D eigenvalue weighted by Crippen LogP contribution is 2.39. The minimum atomic E-state index is -1.70. The number of unbranched alkanes of at least 4 members (excludes halogenated alkanes) is 1. The van der Waals surface area contributed by atoms with E-state index in [1.165, 1.54) is 0 Å². The maximum atomic E-state index is 9.51.